The molecule has 1 aromatic heterocycles. The molecule has 4 aromatic rings. The molecule has 0 unspecified atom stereocenters. The number of anilines is 3. The lowest BCUT2D eigenvalue weighted by atomic mass is 10.1. The van der Waals surface area contributed by atoms with Crippen LogP contribution in [0.15, 0.2) is 53.5 Å². The van der Waals surface area contributed by atoms with E-state index in [2.05, 4.69) is 32.4 Å². The number of benzene rings is 3. The molecule has 0 saturated carbocycles. The van der Waals surface area contributed by atoms with Crippen molar-refractivity contribution in [2.24, 2.45) is 16.5 Å². The zero-order valence-corrected chi connectivity index (χ0v) is 19.1. The van der Waals surface area contributed by atoms with E-state index in [1.165, 1.54) is 13.4 Å². The van der Waals surface area contributed by atoms with Gasteiger partial charge in [-0.2, -0.15) is 0 Å². The number of aliphatic imine (C=N–C) groups is 1. The van der Waals surface area contributed by atoms with Crippen LogP contribution in [0.5, 0.6) is 0 Å². The van der Waals surface area contributed by atoms with Crippen molar-refractivity contribution in [2.45, 2.75) is 0 Å². The summed E-state index contributed by atoms with van der Waals surface area (Å²) < 4.78 is 0. The number of aromatic amines is 1. The van der Waals surface area contributed by atoms with Crippen LogP contribution >= 0.6 is 34.8 Å². The van der Waals surface area contributed by atoms with E-state index in [1.54, 1.807) is 12.1 Å². The number of H-pyrrole nitrogens is 1. The van der Waals surface area contributed by atoms with Gasteiger partial charge in [0.15, 0.2) is 0 Å². The Morgan fingerprint density at radius 2 is 1.68 bits per heavy atom. The Hall–Kier alpha value is -2.64. The number of aromatic nitrogens is 1. The van der Waals surface area contributed by atoms with Crippen molar-refractivity contribution >= 4 is 80.0 Å². The Labute approximate surface area is 195 Å². The van der Waals surface area contributed by atoms with Gasteiger partial charge < -0.3 is 27.1 Å². The number of hydrogen-bond acceptors (Lipinski definition) is 4. The number of nitrogens with one attached hydrogen (secondary N) is 3. The first kappa shape index (κ1) is 23.0. The molecule has 3 aromatic carbocycles. The highest BCUT2D eigenvalue weighted by Gasteiger charge is 2.11. The number of hydrogen-bond donors (Lipinski definition) is 5. The third-order valence-corrected chi connectivity index (χ3v) is 5.50. The zero-order valence-electron chi connectivity index (χ0n) is 16.8. The Kier molecular flexibility index (Phi) is 7.87. The van der Waals surface area contributed by atoms with Gasteiger partial charge in [-0.3, -0.25) is 4.99 Å². The lowest BCUT2D eigenvalue weighted by Crippen LogP contribution is -2.06. The highest BCUT2D eigenvalue weighted by atomic mass is 35.5. The second-order valence-electron chi connectivity index (χ2n) is 6.50. The molecule has 0 bridgehead atoms. The largest absolute Gasteiger partial charge is 0.390 e. The van der Waals surface area contributed by atoms with Crippen LogP contribution in [0.1, 0.15) is 0 Å². The Bertz CT molecular complexity index is 1220. The molecule has 0 fully saturated rings. The first-order valence-corrected chi connectivity index (χ1v) is 10.7. The topological polar surface area (TPSA) is 104 Å². The van der Waals surface area contributed by atoms with Gasteiger partial charge in [0, 0.05) is 39.2 Å². The monoisotopic (exact) mass is 476 g/mol. The molecule has 9 heteroatoms. The summed E-state index contributed by atoms with van der Waals surface area (Å²) in [5.74, 6) is 0. The molecular weight excluding hydrogens is 455 g/mol. The maximum atomic E-state index is 6.38. The minimum atomic E-state index is 0.506. The van der Waals surface area contributed by atoms with Crippen LogP contribution in [0.4, 0.5) is 17.1 Å². The number of fused-ring (bicyclic) bond motifs is 3. The molecule has 0 saturated heterocycles. The smallest absolute Gasteiger partial charge is 0.0798 e. The maximum absolute atomic E-state index is 6.38. The van der Waals surface area contributed by atoms with E-state index in [1.807, 2.05) is 30.3 Å². The average Bonchev–Trinajstić information content (AvgIpc) is 3.13. The summed E-state index contributed by atoms with van der Waals surface area (Å²) in [5.41, 5.74) is 14.5. The lowest BCUT2D eigenvalue weighted by molar-refractivity contribution is 1.03. The SMILES string of the molecule is CN.NC=NCCNc1cc(Cl)cc2c1[nH]c1ccc(Nc3ccc(Cl)c(Cl)c3)cc12. The summed E-state index contributed by atoms with van der Waals surface area (Å²) in [6.07, 6.45) is 1.31. The summed E-state index contributed by atoms with van der Waals surface area (Å²) in [6.45, 7) is 1.24. The van der Waals surface area contributed by atoms with Gasteiger partial charge in [0.25, 0.3) is 0 Å². The molecule has 0 radical (unpaired) electrons. The molecule has 0 atom stereocenters. The number of rotatable bonds is 6. The molecule has 31 heavy (non-hydrogen) atoms. The van der Waals surface area contributed by atoms with Crippen LogP contribution in [0.2, 0.25) is 15.1 Å². The first-order valence-electron chi connectivity index (χ1n) is 9.54. The van der Waals surface area contributed by atoms with E-state index < -0.39 is 0 Å². The lowest BCUT2D eigenvalue weighted by Gasteiger charge is -2.08. The molecule has 0 aliphatic heterocycles. The van der Waals surface area contributed by atoms with Crippen molar-refractivity contribution in [3.05, 3.63) is 63.6 Å². The second-order valence-corrected chi connectivity index (χ2v) is 7.75. The molecule has 0 amide bonds. The van der Waals surface area contributed by atoms with E-state index in [9.17, 15) is 0 Å². The summed E-state index contributed by atoms with van der Waals surface area (Å²) >= 11 is 18.5. The molecule has 7 N–H and O–H groups in total. The molecule has 0 aliphatic rings. The highest BCUT2D eigenvalue weighted by Crippen LogP contribution is 2.35. The summed E-state index contributed by atoms with van der Waals surface area (Å²) in [4.78, 5) is 7.49. The van der Waals surface area contributed by atoms with Gasteiger partial charge >= 0.3 is 0 Å². The highest BCUT2D eigenvalue weighted by molar-refractivity contribution is 6.42. The summed E-state index contributed by atoms with van der Waals surface area (Å²) in [6, 6.07) is 15.4. The van der Waals surface area contributed by atoms with Crippen LogP contribution in [-0.2, 0) is 0 Å². The van der Waals surface area contributed by atoms with Crippen molar-refractivity contribution in [2.75, 3.05) is 30.8 Å². The number of nitrogens with zero attached hydrogens (tertiary/aromatic N) is 1. The standard InChI is InChI=1S/C21H18Cl3N5.CH5N/c22-12-7-16-15-9-13(28-14-1-3-17(23)18(24)10-14)2-4-19(15)29-21(16)20(8-12)27-6-5-26-11-25;1-2/h1-4,7-11,27-29H,5-6H2,(H2,25,26);2H2,1H3. The Morgan fingerprint density at radius 1 is 0.935 bits per heavy atom. The van der Waals surface area contributed by atoms with E-state index >= 15 is 0 Å². The Morgan fingerprint density at radius 3 is 2.42 bits per heavy atom. The second kappa shape index (κ2) is 10.6. The van der Waals surface area contributed by atoms with Crippen molar-refractivity contribution in [3.63, 3.8) is 0 Å². The Balaban J connectivity index is 0.00000132. The van der Waals surface area contributed by atoms with E-state index in [-0.39, 0.29) is 0 Å². The first-order chi connectivity index (χ1) is 15.0. The molecule has 6 nitrogen and oxygen atoms in total. The van der Waals surface area contributed by atoms with E-state index in [4.69, 9.17) is 40.5 Å². The minimum absolute atomic E-state index is 0.506. The molecule has 0 spiro atoms. The predicted molar refractivity (Wildman–Crippen MR) is 137 cm³/mol. The van der Waals surface area contributed by atoms with Crippen molar-refractivity contribution in [1.29, 1.82) is 0 Å². The maximum Gasteiger partial charge on any atom is 0.0798 e. The van der Waals surface area contributed by atoms with Crippen LogP contribution in [0, 0.1) is 0 Å². The number of nitrogens with two attached hydrogens (primary N) is 2. The van der Waals surface area contributed by atoms with Gasteiger partial charge in [0.2, 0.25) is 0 Å². The fourth-order valence-corrected chi connectivity index (χ4v) is 3.77. The fraction of sp³-hybridized carbons (Fsp3) is 0.136. The molecule has 162 valence electrons. The van der Waals surface area contributed by atoms with Gasteiger partial charge in [-0.25, -0.2) is 0 Å². The van der Waals surface area contributed by atoms with Gasteiger partial charge in [-0.05, 0) is 55.6 Å². The quantitative estimate of drug-likeness (QED) is 0.133. The predicted octanol–water partition coefficient (Wildman–Crippen LogP) is 6.00. The molecule has 0 aliphatic carbocycles. The average molecular weight is 478 g/mol. The summed E-state index contributed by atoms with van der Waals surface area (Å²) in [5, 5.41) is 10.5. The third kappa shape index (κ3) is 5.35. The summed E-state index contributed by atoms with van der Waals surface area (Å²) in [7, 11) is 1.50. The minimum Gasteiger partial charge on any atom is -0.390 e. The fourth-order valence-electron chi connectivity index (χ4n) is 3.25. The van der Waals surface area contributed by atoms with Crippen LogP contribution in [0.25, 0.3) is 21.8 Å². The van der Waals surface area contributed by atoms with Crippen molar-refractivity contribution in [1.82, 2.24) is 4.98 Å². The van der Waals surface area contributed by atoms with Crippen LogP contribution in [-0.4, -0.2) is 31.5 Å². The number of halogens is 3. The van der Waals surface area contributed by atoms with E-state index in [0.29, 0.717) is 28.2 Å². The van der Waals surface area contributed by atoms with Crippen molar-refractivity contribution < 1.29 is 0 Å². The molecular formula is C22H23Cl3N6. The molecule has 4 rings (SSSR count). The van der Waals surface area contributed by atoms with E-state index in [0.717, 1.165) is 38.9 Å². The third-order valence-electron chi connectivity index (χ3n) is 4.54. The zero-order chi connectivity index (χ0) is 22.4. The van der Waals surface area contributed by atoms with Gasteiger partial charge in [0.05, 0.1) is 34.1 Å². The van der Waals surface area contributed by atoms with Crippen LogP contribution < -0.4 is 22.1 Å². The molecule has 1 heterocycles. The normalized spacial score (nSPS) is 11.0. The van der Waals surface area contributed by atoms with Crippen molar-refractivity contribution in [3.8, 4) is 0 Å². The van der Waals surface area contributed by atoms with Gasteiger partial charge in [-0.1, -0.05) is 34.8 Å². The van der Waals surface area contributed by atoms with Gasteiger partial charge in [-0.15, -0.1) is 0 Å². The van der Waals surface area contributed by atoms with Crippen LogP contribution in [0.3, 0.4) is 0 Å². The van der Waals surface area contributed by atoms with Gasteiger partial charge in [0.1, 0.15) is 0 Å².